The first kappa shape index (κ1) is 21.5. The number of hydrogen-bond acceptors (Lipinski definition) is 4. The number of aliphatic imine (C=N–C) groups is 1. The van der Waals surface area contributed by atoms with Crippen molar-refractivity contribution in [2.45, 2.75) is 20.8 Å². The maximum absolute atomic E-state index is 13.3. The van der Waals surface area contributed by atoms with Gasteiger partial charge in [0.1, 0.15) is 11.7 Å². The molecule has 1 amide bonds. The second kappa shape index (κ2) is 9.55. The van der Waals surface area contributed by atoms with E-state index in [0.29, 0.717) is 40.9 Å². The number of amidine groups is 1. The van der Waals surface area contributed by atoms with Gasteiger partial charge < -0.3 is 5.32 Å². The Morgan fingerprint density at radius 3 is 2.70 bits per heavy atom. The number of carbonyl (C=O) groups is 1. The number of likely N-dealkylation sites (N-methyl/N-ethyl adjacent to an activating group) is 1. The summed E-state index contributed by atoms with van der Waals surface area (Å²) in [7, 11) is 0. The number of halogens is 1. The van der Waals surface area contributed by atoms with E-state index in [-0.39, 0.29) is 5.91 Å². The van der Waals surface area contributed by atoms with Gasteiger partial charge in [-0.25, -0.2) is 4.99 Å². The van der Waals surface area contributed by atoms with Gasteiger partial charge in [-0.15, -0.1) is 0 Å². The van der Waals surface area contributed by atoms with Crippen LogP contribution in [0.4, 0.5) is 0 Å². The molecule has 0 atom stereocenters. The van der Waals surface area contributed by atoms with E-state index >= 15 is 0 Å². The zero-order valence-corrected chi connectivity index (χ0v) is 18.2. The molecular formula is C24H25ClN4O. The molecule has 0 saturated carbocycles. The SMILES string of the molecule is C=C(/N=C1\C(=C/C)C=C(c2ccc(-c3cccnc3)cc2Cl)C(=O)N1CC)NCC. The first-order valence-electron chi connectivity index (χ1n) is 9.92. The Kier molecular flexibility index (Phi) is 6.85. The fourth-order valence-corrected chi connectivity index (χ4v) is 3.60. The molecule has 1 aliphatic heterocycles. The van der Waals surface area contributed by atoms with Crippen LogP contribution in [-0.2, 0) is 4.79 Å². The number of aromatic nitrogens is 1. The topological polar surface area (TPSA) is 57.6 Å². The molecule has 0 unspecified atom stereocenters. The summed E-state index contributed by atoms with van der Waals surface area (Å²) in [4.78, 5) is 23.7. The van der Waals surface area contributed by atoms with Crippen LogP contribution >= 0.6 is 11.6 Å². The van der Waals surface area contributed by atoms with Crippen molar-refractivity contribution in [2.24, 2.45) is 4.99 Å². The molecule has 1 aromatic heterocycles. The predicted octanol–water partition coefficient (Wildman–Crippen LogP) is 5.07. The van der Waals surface area contributed by atoms with E-state index in [1.54, 1.807) is 17.3 Å². The highest BCUT2D eigenvalue weighted by atomic mass is 35.5. The first-order valence-corrected chi connectivity index (χ1v) is 10.3. The smallest absolute Gasteiger partial charge is 0.260 e. The van der Waals surface area contributed by atoms with Crippen LogP contribution in [0.5, 0.6) is 0 Å². The molecular weight excluding hydrogens is 396 g/mol. The van der Waals surface area contributed by atoms with Gasteiger partial charge in [-0.05, 0) is 44.5 Å². The van der Waals surface area contributed by atoms with Crippen LogP contribution < -0.4 is 5.32 Å². The maximum Gasteiger partial charge on any atom is 0.260 e. The zero-order chi connectivity index (χ0) is 21.7. The van der Waals surface area contributed by atoms with Gasteiger partial charge in [0.25, 0.3) is 5.91 Å². The highest BCUT2D eigenvalue weighted by molar-refractivity contribution is 6.37. The predicted molar refractivity (Wildman–Crippen MR) is 124 cm³/mol. The Morgan fingerprint density at radius 2 is 2.10 bits per heavy atom. The third-order valence-electron chi connectivity index (χ3n) is 4.79. The van der Waals surface area contributed by atoms with E-state index in [1.165, 1.54) is 0 Å². The van der Waals surface area contributed by atoms with Crippen molar-refractivity contribution >= 4 is 28.9 Å². The normalized spacial score (nSPS) is 16.7. The fourth-order valence-electron chi connectivity index (χ4n) is 3.32. The molecule has 1 N–H and O–H groups in total. The first-order chi connectivity index (χ1) is 14.5. The van der Waals surface area contributed by atoms with Crippen molar-refractivity contribution in [2.75, 3.05) is 13.1 Å². The minimum absolute atomic E-state index is 0.137. The number of rotatable bonds is 6. The maximum atomic E-state index is 13.3. The van der Waals surface area contributed by atoms with Crippen molar-refractivity contribution in [3.8, 4) is 11.1 Å². The number of hydrogen-bond donors (Lipinski definition) is 1. The zero-order valence-electron chi connectivity index (χ0n) is 17.4. The van der Waals surface area contributed by atoms with E-state index in [4.69, 9.17) is 11.6 Å². The molecule has 3 rings (SSSR count). The van der Waals surface area contributed by atoms with Gasteiger partial charge >= 0.3 is 0 Å². The largest absolute Gasteiger partial charge is 0.371 e. The van der Waals surface area contributed by atoms with Crippen LogP contribution in [0.15, 0.2) is 77.8 Å². The second-order valence-electron chi connectivity index (χ2n) is 6.70. The lowest BCUT2D eigenvalue weighted by molar-refractivity contribution is -0.121. The van der Waals surface area contributed by atoms with Crippen molar-refractivity contribution in [1.82, 2.24) is 15.2 Å². The molecule has 0 fully saturated rings. The summed E-state index contributed by atoms with van der Waals surface area (Å²) in [6.07, 6.45) is 7.29. The van der Waals surface area contributed by atoms with Crippen LogP contribution in [0.25, 0.3) is 16.7 Å². The lowest BCUT2D eigenvalue weighted by Crippen LogP contribution is -2.41. The van der Waals surface area contributed by atoms with E-state index in [0.717, 1.165) is 16.7 Å². The van der Waals surface area contributed by atoms with Crippen molar-refractivity contribution in [3.63, 3.8) is 0 Å². The Morgan fingerprint density at radius 1 is 1.30 bits per heavy atom. The molecule has 2 aromatic rings. The van der Waals surface area contributed by atoms with Gasteiger partial charge in [-0.2, -0.15) is 0 Å². The molecule has 1 aromatic carbocycles. The number of nitrogens with zero attached hydrogens (tertiary/aromatic N) is 3. The summed E-state index contributed by atoms with van der Waals surface area (Å²) >= 11 is 6.62. The summed E-state index contributed by atoms with van der Waals surface area (Å²) in [6.45, 7) is 10.9. The van der Waals surface area contributed by atoms with Gasteiger partial charge in [0.2, 0.25) is 0 Å². The van der Waals surface area contributed by atoms with Crippen molar-refractivity contribution in [1.29, 1.82) is 0 Å². The highest BCUT2D eigenvalue weighted by Gasteiger charge is 2.30. The van der Waals surface area contributed by atoms with Gasteiger partial charge in [0.05, 0.1) is 0 Å². The monoisotopic (exact) mass is 420 g/mol. The number of carbonyl (C=O) groups excluding carboxylic acids is 1. The lowest BCUT2D eigenvalue weighted by Gasteiger charge is -2.30. The average Bonchev–Trinajstić information content (AvgIpc) is 2.75. The minimum atomic E-state index is -0.137. The molecule has 30 heavy (non-hydrogen) atoms. The minimum Gasteiger partial charge on any atom is -0.371 e. The van der Waals surface area contributed by atoms with Gasteiger partial charge in [-0.3, -0.25) is 14.7 Å². The quantitative estimate of drug-likeness (QED) is 0.709. The molecule has 0 radical (unpaired) electrons. The number of pyridine rings is 1. The Labute approximate surface area is 182 Å². The molecule has 0 aliphatic carbocycles. The molecule has 0 saturated heterocycles. The summed E-state index contributed by atoms with van der Waals surface area (Å²) in [5.41, 5.74) is 3.99. The van der Waals surface area contributed by atoms with Gasteiger partial charge in [-0.1, -0.05) is 42.5 Å². The number of nitrogens with one attached hydrogen (secondary N) is 1. The Hall–Kier alpha value is -3.18. The van der Waals surface area contributed by atoms with Crippen LogP contribution in [0, 0.1) is 0 Å². The highest BCUT2D eigenvalue weighted by Crippen LogP contribution is 2.33. The standard InChI is InChI=1S/C24H25ClN4O/c1-5-17-13-21(24(30)29(7-3)23(17)28-16(4)27-6-2)20-11-10-18(14-22(20)25)19-9-8-12-26-15-19/h5,8-15,27H,4,6-7H2,1-3H3/b17-5-,28-23+. The van der Waals surface area contributed by atoms with Crippen molar-refractivity contribution in [3.05, 3.63) is 83.4 Å². The van der Waals surface area contributed by atoms with Crippen LogP contribution in [0.1, 0.15) is 26.3 Å². The molecule has 0 bridgehead atoms. The van der Waals surface area contributed by atoms with E-state index < -0.39 is 0 Å². The van der Waals surface area contributed by atoms with Crippen LogP contribution in [0.2, 0.25) is 5.02 Å². The van der Waals surface area contributed by atoms with Crippen LogP contribution in [-0.4, -0.2) is 34.7 Å². The summed E-state index contributed by atoms with van der Waals surface area (Å²) in [5, 5.41) is 3.59. The number of benzene rings is 1. The van der Waals surface area contributed by atoms with E-state index in [9.17, 15) is 4.79 Å². The lowest BCUT2D eigenvalue weighted by atomic mass is 9.95. The molecule has 154 valence electrons. The molecule has 2 heterocycles. The van der Waals surface area contributed by atoms with E-state index in [1.807, 2.05) is 63.3 Å². The van der Waals surface area contributed by atoms with Crippen molar-refractivity contribution < 1.29 is 4.79 Å². The summed E-state index contributed by atoms with van der Waals surface area (Å²) in [6, 6.07) is 9.55. The van der Waals surface area contributed by atoms with Gasteiger partial charge in [0, 0.05) is 52.8 Å². The van der Waals surface area contributed by atoms with Crippen LogP contribution in [0.3, 0.4) is 0 Å². The molecule has 1 aliphatic rings. The summed E-state index contributed by atoms with van der Waals surface area (Å²) in [5.74, 6) is 0.971. The third kappa shape index (κ3) is 4.36. The van der Waals surface area contributed by atoms with E-state index in [2.05, 4.69) is 21.9 Å². The Bertz CT molecular complexity index is 1050. The average molecular weight is 421 g/mol. The second-order valence-corrected chi connectivity index (χ2v) is 7.11. The number of amides is 1. The molecule has 6 heteroatoms. The summed E-state index contributed by atoms with van der Waals surface area (Å²) < 4.78 is 0. The fraction of sp³-hybridized carbons (Fsp3) is 0.208. The molecule has 5 nitrogen and oxygen atoms in total. The van der Waals surface area contributed by atoms with Gasteiger partial charge in [0.15, 0.2) is 0 Å². The molecule has 0 spiro atoms. The number of allylic oxidation sites excluding steroid dienone is 1. The third-order valence-corrected chi connectivity index (χ3v) is 5.11. The Balaban J connectivity index is 2.05.